The van der Waals surface area contributed by atoms with Crippen molar-refractivity contribution in [2.24, 2.45) is 0 Å². The molecule has 0 fully saturated rings. The van der Waals surface area contributed by atoms with Crippen LogP contribution in [0, 0.1) is 0 Å². The third kappa shape index (κ3) is 3.57. The van der Waals surface area contributed by atoms with E-state index in [1.54, 1.807) is 12.3 Å². The van der Waals surface area contributed by atoms with Crippen molar-refractivity contribution in [2.45, 2.75) is 37.3 Å². The van der Waals surface area contributed by atoms with Gasteiger partial charge in [-0.15, -0.1) is 11.3 Å². The highest BCUT2D eigenvalue weighted by molar-refractivity contribution is 7.89. The molecule has 0 aliphatic heterocycles. The van der Waals surface area contributed by atoms with Crippen molar-refractivity contribution in [3.8, 4) is 0 Å². The molecule has 1 aromatic heterocycles. The number of hydrogen-bond acceptors (Lipinski definition) is 5. The number of sulfonamides is 1. The number of amides is 1. The third-order valence-corrected chi connectivity index (χ3v) is 5.83. The summed E-state index contributed by atoms with van der Waals surface area (Å²) < 4.78 is 25.3. The van der Waals surface area contributed by atoms with Gasteiger partial charge in [0.1, 0.15) is 9.77 Å². The van der Waals surface area contributed by atoms with Crippen molar-refractivity contribution in [1.82, 2.24) is 9.62 Å². The molecule has 0 aliphatic carbocycles. The Bertz CT molecular complexity index is 564. The molecule has 2 N–H and O–H groups in total. The van der Waals surface area contributed by atoms with Crippen LogP contribution in [0.1, 0.15) is 29.9 Å². The molecular formula is C12H20N2O4S2. The zero-order valence-corrected chi connectivity index (χ0v) is 13.6. The van der Waals surface area contributed by atoms with Gasteiger partial charge in [-0.05, 0) is 24.8 Å². The molecule has 1 aromatic rings. The van der Waals surface area contributed by atoms with Gasteiger partial charge in [-0.3, -0.25) is 4.79 Å². The number of thiophene rings is 1. The molecule has 8 heteroatoms. The van der Waals surface area contributed by atoms with Crippen molar-refractivity contribution < 1.29 is 18.3 Å². The average Bonchev–Trinajstić information content (AvgIpc) is 2.84. The van der Waals surface area contributed by atoms with Gasteiger partial charge < -0.3 is 10.4 Å². The summed E-state index contributed by atoms with van der Waals surface area (Å²) in [5.74, 6) is -0.479. The quantitative estimate of drug-likeness (QED) is 0.815. The van der Waals surface area contributed by atoms with Crippen LogP contribution in [0.25, 0.3) is 0 Å². The van der Waals surface area contributed by atoms with Gasteiger partial charge in [0, 0.05) is 14.1 Å². The van der Waals surface area contributed by atoms with Crippen LogP contribution in [0.15, 0.2) is 16.3 Å². The monoisotopic (exact) mass is 320 g/mol. The summed E-state index contributed by atoms with van der Waals surface area (Å²) in [5.41, 5.74) is 0. The van der Waals surface area contributed by atoms with Gasteiger partial charge in [0.2, 0.25) is 10.0 Å². The van der Waals surface area contributed by atoms with Crippen LogP contribution in [0.3, 0.4) is 0 Å². The first-order valence-electron chi connectivity index (χ1n) is 6.20. The maximum Gasteiger partial charge on any atom is 0.263 e. The van der Waals surface area contributed by atoms with Crippen LogP contribution < -0.4 is 5.32 Å². The number of carbonyl (C=O) groups is 1. The lowest BCUT2D eigenvalue weighted by Crippen LogP contribution is -2.41. The van der Waals surface area contributed by atoms with Crippen molar-refractivity contribution in [3.63, 3.8) is 0 Å². The molecule has 2 unspecified atom stereocenters. The summed E-state index contributed by atoms with van der Waals surface area (Å²) >= 11 is 1.07. The molecule has 114 valence electrons. The van der Waals surface area contributed by atoms with Gasteiger partial charge in [-0.25, -0.2) is 12.7 Å². The van der Waals surface area contributed by atoms with Gasteiger partial charge >= 0.3 is 0 Å². The minimum atomic E-state index is -3.65. The summed E-state index contributed by atoms with van der Waals surface area (Å²) in [6.45, 7) is 3.42. The first-order chi connectivity index (χ1) is 9.21. The minimum absolute atomic E-state index is 0.00885. The minimum Gasteiger partial charge on any atom is -0.391 e. The Morgan fingerprint density at radius 2 is 2.10 bits per heavy atom. The number of carbonyl (C=O) groups excluding carboxylic acids is 1. The number of hydrogen-bond donors (Lipinski definition) is 2. The lowest BCUT2D eigenvalue weighted by Gasteiger charge is -2.20. The van der Waals surface area contributed by atoms with E-state index in [4.69, 9.17) is 0 Å². The molecule has 0 saturated carbocycles. The molecule has 0 bridgehead atoms. The Morgan fingerprint density at radius 3 is 2.55 bits per heavy atom. The van der Waals surface area contributed by atoms with Crippen molar-refractivity contribution in [3.05, 3.63) is 16.3 Å². The fraction of sp³-hybridized carbons (Fsp3) is 0.583. The van der Waals surface area contributed by atoms with Crippen LogP contribution in [-0.4, -0.2) is 50.0 Å². The first kappa shape index (κ1) is 17.1. The number of nitrogens with one attached hydrogen (secondary N) is 1. The Balaban J connectivity index is 3.06. The molecule has 2 atom stereocenters. The zero-order valence-electron chi connectivity index (χ0n) is 12.0. The summed E-state index contributed by atoms with van der Waals surface area (Å²) in [7, 11) is -0.820. The van der Waals surface area contributed by atoms with Gasteiger partial charge in [-0.2, -0.15) is 0 Å². The Morgan fingerprint density at radius 1 is 1.50 bits per heavy atom. The van der Waals surface area contributed by atoms with Gasteiger partial charge in [0.25, 0.3) is 5.91 Å². The second-order valence-corrected chi connectivity index (χ2v) is 7.67. The normalized spacial score (nSPS) is 15.1. The Hall–Kier alpha value is -0.960. The highest BCUT2D eigenvalue weighted by Gasteiger charge is 2.27. The second kappa shape index (κ2) is 6.66. The maximum absolute atomic E-state index is 12.2. The Kier molecular flexibility index (Phi) is 5.69. The average molecular weight is 320 g/mol. The number of aliphatic hydroxyl groups is 1. The molecule has 0 spiro atoms. The maximum atomic E-state index is 12.2. The number of aliphatic hydroxyl groups excluding tert-OH is 1. The summed E-state index contributed by atoms with van der Waals surface area (Å²) in [6.07, 6.45) is -0.136. The molecule has 1 rings (SSSR count). The van der Waals surface area contributed by atoms with Gasteiger partial charge in [0.05, 0.1) is 12.1 Å². The topological polar surface area (TPSA) is 86.7 Å². The summed E-state index contributed by atoms with van der Waals surface area (Å²) in [5, 5.41) is 13.8. The predicted octanol–water partition coefficient (Wildman–Crippen LogP) is 0.888. The number of rotatable bonds is 6. The highest BCUT2D eigenvalue weighted by Crippen LogP contribution is 2.24. The predicted molar refractivity (Wildman–Crippen MR) is 78.4 cm³/mol. The van der Waals surface area contributed by atoms with Crippen LogP contribution in [-0.2, 0) is 10.0 Å². The van der Waals surface area contributed by atoms with Gasteiger partial charge in [-0.1, -0.05) is 6.92 Å². The van der Waals surface area contributed by atoms with E-state index in [-0.39, 0.29) is 9.77 Å². The SMILES string of the molecule is CCC(NC(=O)c1sccc1S(=O)(=O)N(C)C)C(C)O. The largest absolute Gasteiger partial charge is 0.391 e. The first-order valence-corrected chi connectivity index (χ1v) is 8.52. The van der Waals surface area contributed by atoms with E-state index < -0.39 is 28.1 Å². The van der Waals surface area contributed by atoms with Crippen molar-refractivity contribution >= 4 is 27.3 Å². The molecule has 0 radical (unpaired) electrons. The van der Waals surface area contributed by atoms with E-state index in [0.29, 0.717) is 6.42 Å². The molecular weight excluding hydrogens is 300 g/mol. The smallest absolute Gasteiger partial charge is 0.263 e. The van der Waals surface area contributed by atoms with E-state index in [2.05, 4.69) is 5.32 Å². The van der Waals surface area contributed by atoms with Crippen molar-refractivity contribution in [1.29, 1.82) is 0 Å². The van der Waals surface area contributed by atoms with E-state index in [0.717, 1.165) is 15.6 Å². The summed E-state index contributed by atoms with van der Waals surface area (Å²) in [6, 6.07) is 1.01. The lowest BCUT2D eigenvalue weighted by atomic mass is 10.1. The molecule has 20 heavy (non-hydrogen) atoms. The standard InChI is InChI=1S/C12H20N2O4S2/c1-5-9(8(2)15)13-12(16)11-10(6-7-19-11)20(17,18)14(3)4/h6-9,15H,5H2,1-4H3,(H,13,16). The van der Waals surface area contributed by atoms with E-state index in [9.17, 15) is 18.3 Å². The molecule has 1 amide bonds. The molecule has 6 nitrogen and oxygen atoms in total. The van der Waals surface area contributed by atoms with Crippen LogP contribution in [0.5, 0.6) is 0 Å². The van der Waals surface area contributed by atoms with Crippen molar-refractivity contribution in [2.75, 3.05) is 14.1 Å². The number of nitrogens with zero attached hydrogens (tertiary/aromatic N) is 1. The highest BCUT2D eigenvalue weighted by atomic mass is 32.2. The van der Waals surface area contributed by atoms with Gasteiger partial charge in [0.15, 0.2) is 0 Å². The summed E-state index contributed by atoms with van der Waals surface area (Å²) in [4.78, 5) is 12.3. The fourth-order valence-corrected chi connectivity index (χ4v) is 3.86. The molecule has 1 heterocycles. The molecule has 0 saturated heterocycles. The van der Waals surface area contributed by atoms with Crippen LogP contribution in [0.2, 0.25) is 0 Å². The molecule has 0 aliphatic rings. The Labute approximate surface area is 123 Å². The van der Waals surface area contributed by atoms with E-state index in [1.165, 1.54) is 20.2 Å². The van der Waals surface area contributed by atoms with Crippen LogP contribution >= 0.6 is 11.3 Å². The second-order valence-electron chi connectivity index (χ2n) is 4.63. The third-order valence-electron chi connectivity index (χ3n) is 2.93. The lowest BCUT2D eigenvalue weighted by molar-refractivity contribution is 0.0856. The van der Waals surface area contributed by atoms with E-state index in [1.807, 2.05) is 6.92 Å². The van der Waals surface area contributed by atoms with Crippen LogP contribution in [0.4, 0.5) is 0 Å². The van der Waals surface area contributed by atoms with E-state index >= 15 is 0 Å². The fourth-order valence-electron chi connectivity index (χ4n) is 1.66. The zero-order chi connectivity index (χ0) is 15.5. The molecule has 0 aromatic carbocycles.